The maximum Gasteiger partial charge on any atom is 0.222 e. The molecule has 1 saturated heterocycles. The number of rotatable bonds is 4. The first-order valence-electron chi connectivity index (χ1n) is 7.69. The second-order valence-corrected chi connectivity index (χ2v) is 5.59. The number of hydrogen-bond donors (Lipinski definition) is 0. The first-order valence-corrected chi connectivity index (χ1v) is 7.69. The molecule has 0 N–H and O–H groups in total. The first kappa shape index (κ1) is 14.1. The Kier molecular flexibility index (Phi) is 4.20. The SMILES string of the molecule is CCCC(=O)N1CCN(Cc2cnc3ccccn23)CC1. The normalized spacial score (nSPS) is 16.5. The minimum absolute atomic E-state index is 0.298. The number of amides is 1. The predicted octanol–water partition coefficient (Wildman–Crippen LogP) is 1.78. The van der Waals surface area contributed by atoms with Gasteiger partial charge >= 0.3 is 0 Å². The molecule has 1 amide bonds. The molecule has 5 heteroatoms. The van der Waals surface area contributed by atoms with Crippen molar-refractivity contribution in [3.8, 4) is 0 Å². The highest BCUT2D eigenvalue weighted by Gasteiger charge is 2.21. The first-order chi connectivity index (χ1) is 10.3. The Balaban J connectivity index is 1.59. The lowest BCUT2D eigenvalue weighted by Crippen LogP contribution is -2.48. The number of carbonyl (C=O) groups excluding carboxylic acids is 1. The van der Waals surface area contributed by atoms with Gasteiger partial charge in [0.25, 0.3) is 0 Å². The number of aromatic nitrogens is 2. The quantitative estimate of drug-likeness (QED) is 0.860. The Bertz CT molecular complexity index is 614. The van der Waals surface area contributed by atoms with Gasteiger partial charge in [-0.05, 0) is 18.6 Å². The lowest BCUT2D eigenvalue weighted by molar-refractivity contribution is -0.133. The van der Waals surface area contributed by atoms with Crippen LogP contribution in [0.4, 0.5) is 0 Å². The van der Waals surface area contributed by atoms with Crippen LogP contribution in [0.15, 0.2) is 30.6 Å². The second-order valence-electron chi connectivity index (χ2n) is 5.59. The highest BCUT2D eigenvalue weighted by molar-refractivity contribution is 5.76. The van der Waals surface area contributed by atoms with Crippen molar-refractivity contribution in [3.05, 3.63) is 36.3 Å². The van der Waals surface area contributed by atoms with E-state index in [9.17, 15) is 4.79 Å². The lowest BCUT2D eigenvalue weighted by atomic mass is 10.2. The van der Waals surface area contributed by atoms with Gasteiger partial charge in [-0.1, -0.05) is 13.0 Å². The van der Waals surface area contributed by atoms with Crippen LogP contribution in [0.1, 0.15) is 25.5 Å². The highest BCUT2D eigenvalue weighted by atomic mass is 16.2. The van der Waals surface area contributed by atoms with Crippen molar-refractivity contribution >= 4 is 11.6 Å². The van der Waals surface area contributed by atoms with Crippen molar-refractivity contribution in [2.45, 2.75) is 26.3 Å². The number of fused-ring (bicyclic) bond motifs is 1. The summed E-state index contributed by atoms with van der Waals surface area (Å²) in [4.78, 5) is 20.7. The average Bonchev–Trinajstić information content (AvgIpc) is 2.92. The molecule has 1 fully saturated rings. The molecular weight excluding hydrogens is 264 g/mol. The van der Waals surface area contributed by atoms with Crippen molar-refractivity contribution < 1.29 is 4.79 Å². The molecular formula is C16H22N4O. The number of imidazole rings is 1. The predicted molar refractivity (Wildman–Crippen MR) is 82.0 cm³/mol. The van der Waals surface area contributed by atoms with Crippen LogP contribution < -0.4 is 0 Å². The van der Waals surface area contributed by atoms with E-state index in [0.717, 1.165) is 44.8 Å². The van der Waals surface area contributed by atoms with Crippen LogP contribution in [0, 0.1) is 0 Å². The van der Waals surface area contributed by atoms with Crippen LogP contribution in [0.5, 0.6) is 0 Å². The molecule has 0 aliphatic carbocycles. The van der Waals surface area contributed by atoms with Gasteiger partial charge in [-0.15, -0.1) is 0 Å². The largest absolute Gasteiger partial charge is 0.340 e. The van der Waals surface area contributed by atoms with Crippen LogP contribution >= 0.6 is 0 Å². The molecule has 1 aliphatic heterocycles. The molecule has 2 aromatic rings. The van der Waals surface area contributed by atoms with Gasteiger partial charge < -0.3 is 9.30 Å². The van der Waals surface area contributed by atoms with E-state index in [1.54, 1.807) is 0 Å². The molecule has 0 bridgehead atoms. The Morgan fingerprint density at radius 2 is 2.05 bits per heavy atom. The van der Waals surface area contributed by atoms with Gasteiger partial charge in [-0.25, -0.2) is 4.98 Å². The summed E-state index contributed by atoms with van der Waals surface area (Å²) in [5, 5.41) is 0. The third kappa shape index (κ3) is 3.08. The lowest BCUT2D eigenvalue weighted by Gasteiger charge is -2.34. The molecule has 0 spiro atoms. The van der Waals surface area contributed by atoms with Crippen LogP contribution in [0.25, 0.3) is 5.65 Å². The zero-order valence-electron chi connectivity index (χ0n) is 12.5. The third-order valence-corrected chi connectivity index (χ3v) is 4.07. The molecule has 1 aliphatic rings. The topological polar surface area (TPSA) is 40.9 Å². The van der Waals surface area contributed by atoms with E-state index in [2.05, 4.69) is 27.4 Å². The fraction of sp³-hybridized carbons (Fsp3) is 0.500. The van der Waals surface area contributed by atoms with Gasteiger partial charge in [0.05, 0.1) is 11.9 Å². The number of nitrogens with zero attached hydrogens (tertiary/aromatic N) is 4. The molecule has 0 radical (unpaired) electrons. The molecule has 3 heterocycles. The minimum Gasteiger partial charge on any atom is -0.340 e. The van der Waals surface area contributed by atoms with Gasteiger partial charge in [0.15, 0.2) is 0 Å². The van der Waals surface area contributed by atoms with Gasteiger partial charge in [0.2, 0.25) is 5.91 Å². The van der Waals surface area contributed by atoms with E-state index in [0.29, 0.717) is 12.3 Å². The molecule has 0 aromatic carbocycles. The van der Waals surface area contributed by atoms with E-state index in [4.69, 9.17) is 0 Å². The van der Waals surface area contributed by atoms with E-state index in [1.807, 2.05) is 29.3 Å². The molecule has 0 atom stereocenters. The average molecular weight is 286 g/mol. The monoisotopic (exact) mass is 286 g/mol. The van der Waals surface area contributed by atoms with Gasteiger partial charge in [-0.2, -0.15) is 0 Å². The third-order valence-electron chi connectivity index (χ3n) is 4.07. The van der Waals surface area contributed by atoms with Crippen LogP contribution in [0.2, 0.25) is 0 Å². The highest BCUT2D eigenvalue weighted by Crippen LogP contribution is 2.12. The summed E-state index contributed by atoms with van der Waals surface area (Å²) in [5.41, 5.74) is 2.20. The van der Waals surface area contributed by atoms with Crippen LogP contribution in [-0.2, 0) is 11.3 Å². The van der Waals surface area contributed by atoms with Crippen molar-refractivity contribution in [1.82, 2.24) is 19.2 Å². The van der Waals surface area contributed by atoms with Gasteiger partial charge in [0, 0.05) is 45.3 Å². The fourth-order valence-electron chi connectivity index (χ4n) is 2.86. The number of hydrogen-bond acceptors (Lipinski definition) is 3. The van der Waals surface area contributed by atoms with E-state index in [-0.39, 0.29) is 0 Å². The smallest absolute Gasteiger partial charge is 0.222 e. The van der Waals surface area contributed by atoms with Crippen molar-refractivity contribution in [1.29, 1.82) is 0 Å². The van der Waals surface area contributed by atoms with Crippen molar-refractivity contribution in [2.75, 3.05) is 26.2 Å². The van der Waals surface area contributed by atoms with E-state index >= 15 is 0 Å². The Hall–Kier alpha value is -1.88. The summed E-state index contributed by atoms with van der Waals surface area (Å²) in [7, 11) is 0. The summed E-state index contributed by atoms with van der Waals surface area (Å²) >= 11 is 0. The fourth-order valence-corrected chi connectivity index (χ4v) is 2.86. The maximum absolute atomic E-state index is 11.9. The minimum atomic E-state index is 0.298. The van der Waals surface area contributed by atoms with Gasteiger partial charge in [-0.3, -0.25) is 9.69 Å². The molecule has 3 rings (SSSR count). The molecule has 112 valence electrons. The summed E-state index contributed by atoms with van der Waals surface area (Å²) in [6.07, 6.45) is 5.61. The summed E-state index contributed by atoms with van der Waals surface area (Å²) in [5.74, 6) is 0.298. The number of piperazine rings is 1. The summed E-state index contributed by atoms with van der Waals surface area (Å²) in [6.45, 7) is 6.51. The number of carbonyl (C=O) groups is 1. The van der Waals surface area contributed by atoms with Gasteiger partial charge in [0.1, 0.15) is 5.65 Å². The standard InChI is InChI=1S/C16H22N4O/c1-2-5-16(21)19-10-8-18(9-11-19)13-14-12-17-15-6-3-4-7-20(14)15/h3-4,6-7,12H,2,5,8-11,13H2,1H3. The van der Waals surface area contributed by atoms with Crippen LogP contribution in [-0.4, -0.2) is 51.3 Å². The maximum atomic E-state index is 11.9. The Morgan fingerprint density at radius 1 is 1.24 bits per heavy atom. The second kappa shape index (κ2) is 6.26. The molecule has 0 saturated carbocycles. The Labute approximate surface area is 125 Å². The Morgan fingerprint density at radius 3 is 2.81 bits per heavy atom. The molecule has 0 unspecified atom stereocenters. The summed E-state index contributed by atoms with van der Waals surface area (Å²) in [6, 6.07) is 6.05. The van der Waals surface area contributed by atoms with E-state index < -0.39 is 0 Å². The molecule has 21 heavy (non-hydrogen) atoms. The van der Waals surface area contributed by atoms with Crippen LogP contribution in [0.3, 0.4) is 0 Å². The summed E-state index contributed by atoms with van der Waals surface area (Å²) < 4.78 is 2.13. The number of pyridine rings is 1. The molecule has 2 aromatic heterocycles. The van der Waals surface area contributed by atoms with Crippen molar-refractivity contribution in [2.24, 2.45) is 0 Å². The zero-order valence-corrected chi connectivity index (χ0v) is 12.5. The molecule has 5 nitrogen and oxygen atoms in total. The van der Waals surface area contributed by atoms with E-state index in [1.165, 1.54) is 5.69 Å². The van der Waals surface area contributed by atoms with Crippen molar-refractivity contribution in [3.63, 3.8) is 0 Å². The zero-order chi connectivity index (χ0) is 14.7.